The Morgan fingerprint density at radius 1 is 1.31 bits per heavy atom. The summed E-state index contributed by atoms with van der Waals surface area (Å²) >= 11 is 0. The molecule has 8 heteroatoms. The zero-order chi connectivity index (χ0) is 20.2. The number of hydrogen-bond acceptors (Lipinski definition) is 7. The van der Waals surface area contributed by atoms with Gasteiger partial charge in [0.2, 0.25) is 5.95 Å². The Kier molecular flexibility index (Phi) is 5.80. The summed E-state index contributed by atoms with van der Waals surface area (Å²) in [6, 6.07) is 5.22. The number of fused-ring (bicyclic) bond motifs is 1. The average molecular weight is 398 g/mol. The first kappa shape index (κ1) is 19.4. The highest BCUT2D eigenvalue weighted by Crippen LogP contribution is 2.25. The van der Waals surface area contributed by atoms with Crippen LogP contribution in [0.5, 0.6) is 11.5 Å². The number of anilines is 1. The van der Waals surface area contributed by atoms with Gasteiger partial charge in [-0.2, -0.15) is 0 Å². The number of amides is 1. The van der Waals surface area contributed by atoms with Crippen LogP contribution in [0, 0.1) is 0 Å². The second kappa shape index (κ2) is 8.65. The van der Waals surface area contributed by atoms with E-state index in [0.29, 0.717) is 36.8 Å². The lowest BCUT2D eigenvalue weighted by Crippen LogP contribution is -2.48. The van der Waals surface area contributed by atoms with Crippen molar-refractivity contribution in [1.82, 2.24) is 15.3 Å². The van der Waals surface area contributed by atoms with Crippen molar-refractivity contribution in [2.75, 3.05) is 38.8 Å². The van der Waals surface area contributed by atoms with E-state index in [1.807, 2.05) is 6.20 Å². The predicted molar refractivity (Wildman–Crippen MR) is 108 cm³/mol. The van der Waals surface area contributed by atoms with Crippen molar-refractivity contribution in [3.63, 3.8) is 0 Å². The Bertz CT molecular complexity index is 889. The molecule has 2 aliphatic heterocycles. The van der Waals surface area contributed by atoms with Crippen LogP contribution in [0.1, 0.15) is 34.5 Å². The molecule has 0 radical (unpaired) electrons. The molecule has 2 aromatic rings. The fourth-order valence-corrected chi connectivity index (χ4v) is 3.80. The molecule has 1 aromatic heterocycles. The molecule has 1 saturated heterocycles. The van der Waals surface area contributed by atoms with Crippen molar-refractivity contribution in [3.05, 3.63) is 41.2 Å². The minimum Gasteiger partial charge on any atom is -0.497 e. The molecule has 1 unspecified atom stereocenters. The highest BCUT2D eigenvalue weighted by molar-refractivity contribution is 5.97. The quantitative estimate of drug-likeness (QED) is 0.824. The number of nitrogens with zero attached hydrogens (tertiary/aromatic N) is 3. The number of carbonyl (C=O) groups excluding carboxylic acids is 1. The van der Waals surface area contributed by atoms with Crippen LogP contribution in [0.2, 0.25) is 0 Å². The van der Waals surface area contributed by atoms with Crippen LogP contribution in [-0.4, -0.2) is 55.8 Å². The Labute approximate surface area is 170 Å². The SMILES string of the molecule is COc1ccc(OC)c(C(=O)NC2CCCN(c3ncc4c(n3)CCOC4)C2)c1. The number of benzene rings is 1. The maximum atomic E-state index is 12.9. The van der Waals surface area contributed by atoms with Crippen molar-refractivity contribution in [1.29, 1.82) is 0 Å². The van der Waals surface area contributed by atoms with E-state index in [9.17, 15) is 4.79 Å². The number of carbonyl (C=O) groups is 1. The largest absolute Gasteiger partial charge is 0.497 e. The molecule has 0 bridgehead atoms. The minimum atomic E-state index is -0.170. The third kappa shape index (κ3) is 4.27. The first-order chi connectivity index (χ1) is 14.2. The summed E-state index contributed by atoms with van der Waals surface area (Å²) in [7, 11) is 3.13. The van der Waals surface area contributed by atoms with Crippen LogP contribution in [0.3, 0.4) is 0 Å². The van der Waals surface area contributed by atoms with Gasteiger partial charge in [-0.15, -0.1) is 0 Å². The van der Waals surface area contributed by atoms with Crippen LogP contribution in [-0.2, 0) is 17.8 Å². The molecule has 0 aliphatic carbocycles. The van der Waals surface area contributed by atoms with Gasteiger partial charge in [0, 0.05) is 37.3 Å². The summed E-state index contributed by atoms with van der Waals surface area (Å²) in [5, 5.41) is 3.13. The predicted octanol–water partition coefficient (Wildman–Crippen LogP) is 1.97. The van der Waals surface area contributed by atoms with Crippen LogP contribution in [0.25, 0.3) is 0 Å². The summed E-state index contributed by atoms with van der Waals surface area (Å²) < 4.78 is 16.0. The van der Waals surface area contributed by atoms with Gasteiger partial charge in [0.1, 0.15) is 11.5 Å². The van der Waals surface area contributed by atoms with Crippen molar-refractivity contribution >= 4 is 11.9 Å². The highest BCUT2D eigenvalue weighted by atomic mass is 16.5. The van der Waals surface area contributed by atoms with Crippen molar-refractivity contribution in [2.24, 2.45) is 0 Å². The van der Waals surface area contributed by atoms with Crippen LogP contribution < -0.4 is 19.7 Å². The summed E-state index contributed by atoms with van der Waals surface area (Å²) in [5.41, 5.74) is 2.59. The summed E-state index contributed by atoms with van der Waals surface area (Å²) in [6.07, 6.45) is 4.55. The van der Waals surface area contributed by atoms with E-state index >= 15 is 0 Å². The molecule has 2 aliphatic rings. The number of rotatable bonds is 5. The van der Waals surface area contributed by atoms with E-state index in [4.69, 9.17) is 19.2 Å². The Hall–Kier alpha value is -2.87. The van der Waals surface area contributed by atoms with E-state index in [0.717, 1.165) is 43.0 Å². The molecule has 1 amide bonds. The van der Waals surface area contributed by atoms with Crippen LogP contribution in [0.15, 0.2) is 24.4 Å². The molecule has 0 saturated carbocycles. The standard InChI is InChI=1S/C21H26N4O4/c1-27-16-5-6-19(28-2)17(10-16)20(26)23-15-4-3-8-25(12-15)21-22-11-14-13-29-9-7-18(14)24-21/h5-6,10-11,15H,3-4,7-9,12-13H2,1-2H3,(H,23,26). The summed E-state index contributed by atoms with van der Waals surface area (Å²) in [6.45, 7) is 2.83. The number of ether oxygens (including phenoxy) is 3. The monoisotopic (exact) mass is 398 g/mol. The number of nitrogens with one attached hydrogen (secondary N) is 1. The topological polar surface area (TPSA) is 85.8 Å². The summed E-state index contributed by atoms with van der Waals surface area (Å²) in [4.78, 5) is 24.3. The zero-order valence-electron chi connectivity index (χ0n) is 16.8. The van der Waals surface area contributed by atoms with Gasteiger partial charge in [0.25, 0.3) is 5.91 Å². The summed E-state index contributed by atoms with van der Waals surface area (Å²) in [5.74, 6) is 1.70. The number of hydrogen-bond donors (Lipinski definition) is 1. The normalized spacial score (nSPS) is 18.7. The fraction of sp³-hybridized carbons (Fsp3) is 0.476. The molecule has 154 valence electrons. The molecule has 0 spiro atoms. The van der Waals surface area contributed by atoms with Crippen LogP contribution >= 0.6 is 0 Å². The number of methoxy groups -OCH3 is 2. The molecule has 3 heterocycles. The zero-order valence-corrected chi connectivity index (χ0v) is 16.8. The maximum absolute atomic E-state index is 12.9. The van der Waals surface area contributed by atoms with Gasteiger partial charge in [-0.3, -0.25) is 4.79 Å². The number of aromatic nitrogens is 2. The maximum Gasteiger partial charge on any atom is 0.255 e. The van der Waals surface area contributed by atoms with E-state index in [1.165, 1.54) is 0 Å². The van der Waals surface area contributed by atoms with E-state index in [1.54, 1.807) is 32.4 Å². The first-order valence-corrected chi connectivity index (χ1v) is 9.88. The van der Waals surface area contributed by atoms with Gasteiger partial charge in [-0.1, -0.05) is 0 Å². The van der Waals surface area contributed by atoms with Gasteiger partial charge in [0.05, 0.1) is 38.7 Å². The van der Waals surface area contributed by atoms with E-state index in [2.05, 4.69) is 15.2 Å². The lowest BCUT2D eigenvalue weighted by Gasteiger charge is -2.33. The Balaban J connectivity index is 1.46. The first-order valence-electron chi connectivity index (χ1n) is 9.88. The van der Waals surface area contributed by atoms with E-state index < -0.39 is 0 Å². The van der Waals surface area contributed by atoms with E-state index in [-0.39, 0.29) is 11.9 Å². The molecular formula is C21H26N4O4. The number of piperidine rings is 1. The van der Waals surface area contributed by atoms with Gasteiger partial charge in [-0.05, 0) is 31.0 Å². The Morgan fingerprint density at radius 3 is 3.03 bits per heavy atom. The smallest absolute Gasteiger partial charge is 0.255 e. The molecule has 4 rings (SSSR count). The lowest BCUT2D eigenvalue weighted by molar-refractivity contribution is 0.0929. The van der Waals surface area contributed by atoms with Gasteiger partial charge in [-0.25, -0.2) is 9.97 Å². The molecule has 1 N–H and O–H groups in total. The van der Waals surface area contributed by atoms with Crippen molar-refractivity contribution in [3.8, 4) is 11.5 Å². The molecule has 1 atom stereocenters. The van der Waals surface area contributed by atoms with Gasteiger partial charge < -0.3 is 24.4 Å². The van der Waals surface area contributed by atoms with Crippen LogP contribution in [0.4, 0.5) is 5.95 Å². The van der Waals surface area contributed by atoms with Crippen molar-refractivity contribution < 1.29 is 19.0 Å². The Morgan fingerprint density at radius 2 is 2.21 bits per heavy atom. The van der Waals surface area contributed by atoms with Gasteiger partial charge >= 0.3 is 0 Å². The third-order valence-corrected chi connectivity index (χ3v) is 5.37. The molecule has 8 nitrogen and oxygen atoms in total. The van der Waals surface area contributed by atoms with Gasteiger partial charge in [0.15, 0.2) is 0 Å². The average Bonchev–Trinajstić information content (AvgIpc) is 2.78. The fourth-order valence-electron chi connectivity index (χ4n) is 3.80. The molecule has 1 fully saturated rings. The lowest BCUT2D eigenvalue weighted by atomic mass is 10.0. The van der Waals surface area contributed by atoms with Crippen molar-refractivity contribution in [2.45, 2.75) is 31.9 Å². The second-order valence-corrected chi connectivity index (χ2v) is 7.27. The molecular weight excluding hydrogens is 372 g/mol. The molecule has 1 aromatic carbocycles. The molecule has 29 heavy (non-hydrogen) atoms. The third-order valence-electron chi connectivity index (χ3n) is 5.37. The highest BCUT2D eigenvalue weighted by Gasteiger charge is 2.25. The minimum absolute atomic E-state index is 0.00937. The second-order valence-electron chi connectivity index (χ2n) is 7.27.